The van der Waals surface area contributed by atoms with Gasteiger partial charge in [-0.05, 0) is 12.5 Å². The normalized spacial score (nSPS) is 22.5. The van der Waals surface area contributed by atoms with Crippen molar-refractivity contribution in [1.82, 2.24) is 14.7 Å². The molecule has 9 heteroatoms. The van der Waals surface area contributed by atoms with Gasteiger partial charge in [-0.2, -0.15) is 30.0 Å². The van der Waals surface area contributed by atoms with Crippen LogP contribution in [0.5, 0.6) is 0 Å². The Kier molecular flexibility index (Phi) is 5.03. The Balaban J connectivity index is 1.70. The summed E-state index contributed by atoms with van der Waals surface area (Å²) in [5.74, 6) is 1.56. The van der Waals surface area contributed by atoms with Crippen molar-refractivity contribution in [3.8, 4) is 0 Å². The second-order valence-electron chi connectivity index (χ2n) is 7.16. The van der Waals surface area contributed by atoms with E-state index in [9.17, 15) is 18.0 Å². The Labute approximate surface area is 165 Å². The average molecular weight is 410 g/mol. The zero-order valence-electron chi connectivity index (χ0n) is 15.4. The van der Waals surface area contributed by atoms with Crippen LogP contribution in [-0.2, 0) is 0 Å². The number of carbonyl (C=O) groups is 1. The molecular formula is C19H21F3N4OS. The summed E-state index contributed by atoms with van der Waals surface area (Å²) in [7, 11) is 0. The van der Waals surface area contributed by atoms with Gasteiger partial charge in [0.1, 0.15) is 11.4 Å². The second kappa shape index (κ2) is 7.35. The lowest BCUT2D eigenvalue weighted by Crippen LogP contribution is -2.39. The van der Waals surface area contributed by atoms with Crippen molar-refractivity contribution in [2.45, 2.75) is 31.6 Å². The van der Waals surface area contributed by atoms with Gasteiger partial charge in [-0.25, -0.2) is 4.68 Å². The van der Waals surface area contributed by atoms with E-state index in [0.717, 1.165) is 27.3 Å². The molecule has 2 aliphatic heterocycles. The third-order valence-corrected chi connectivity index (χ3v) is 6.19. The first-order valence-electron chi connectivity index (χ1n) is 9.19. The maximum Gasteiger partial charge on any atom is 0.410 e. The summed E-state index contributed by atoms with van der Waals surface area (Å²) in [6, 6.07) is 5.10. The van der Waals surface area contributed by atoms with Gasteiger partial charge >= 0.3 is 6.18 Å². The highest BCUT2D eigenvalue weighted by Gasteiger charge is 2.47. The molecule has 0 bridgehead atoms. The number of aromatic nitrogens is 2. The molecule has 0 aliphatic carbocycles. The SMILES string of the molecule is Cc1ccc([C@@H]2C[C@@H](C(F)(F)F)n3ncc(C(=O)N4CCSCC4)c3N2)cc1. The Morgan fingerprint density at radius 3 is 2.54 bits per heavy atom. The predicted molar refractivity (Wildman–Crippen MR) is 103 cm³/mol. The van der Waals surface area contributed by atoms with E-state index in [2.05, 4.69) is 10.4 Å². The van der Waals surface area contributed by atoms with Crippen LogP contribution in [0, 0.1) is 6.92 Å². The summed E-state index contributed by atoms with van der Waals surface area (Å²) in [6.45, 7) is 3.12. The number of amides is 1. The third-order valence-electron chi connectivity index (χ3n) is 5.25. The number of alkyl halides is 3. The molecule has 1 aromatic heterocycles. The monoisotopic (exact) mass is 410 g/mol. The molecule has 28 heavy (non-hydrogen) atoms. The van der Waals surface area contributed by atoms with Crippen LogP contribution in [-0.4, -0.2) is 51.4 Å². The number of carbonyl (C=O) groups excluding carboxylic acids is 1. The molecular weight excluding hydrogens is 389 g/mol. The van der Waals surface area contributed by atoms with Crippen molar-refractivity contribution in [2.24, 2.45) is 0 Å². The van der Waals surface area contributed by atoms with Crippen molar-refractivity contribution in [2.75, 3.05) is 29.9 Å². The van der Waals surface area contributed by atoms with Crippen molar-refractivity contribution in [3.63, 3.8) is 0 Å². The Morgan fingerprint density at radius 1 is 1.21 bits per heavy atom. The number of anilines is 1. The van der Waals surface area contributed by atoms with E-state index in [1.165, 1.54) is 6.20 Å². The van der Waals surface area contributed by atoms with Crippen molar-refractivity contribution in [1.29, 1.82) is 0 Å². The molecule has 1 aromatic carbocycles. The molecule has 0 unspecified atom stereocenters. The van der Waals surface area contributed by atoms with E-state index in [1.807, 2.05) is 31.2 Å². The van der Waals surface area contributed by atoms with E-state index in [0.29, 0.717) is 13.1 Å². The quantitative estimate of drug-likeness (QED) is 0.812. The Bertz CT molecular complexity index is 859. The maximum atomic E-state index is 13.8. The van der Waals surface area contributed by atoms with Crippen LogP contribution in [0.4, 0.5) is 19.0 Å². The zero-order chi connectivity index (χ0) is 19.9. The van der Waals surface area contributed by atoms with Crippen LogP contribution in [0.3, 0.4) is 0 Å². The van der Waals surface area contributed by atoms with Gasteiger partial charge in [0.25, 0.3) is 5.91 Å². The number of nitrogens with zero attached hydrogens (tertiary/aromatic N) is 3. The summed E-state index contributed by atoms with van der Waals surface area (Å²) in [4.78, 5) is 14.6. The fourth-order valence-electron chi connectivity index (χ4n) is 3.67. The van der Waals surface area contributed by atoms with Gasteiger partial charge < -0.3 is 10.2 Å². The van der Waals surface area contributed by atoms with Gasteiger partial charge in [-0.15, -0.1) is 0 Å². The molecule has 3 heterocycles. The van der Waals surface area contributed by atoms with Crippen LogP contribution in [0.2, 0.25) is 0 Å². The first-order chi connectivity index (χ1) is 13.3. The van der Waals surface area contributed by atoms with Gasteiger partial charge in [-0.3, -0.25) is 4.79 Å². The topological polar surface area (TPSA) is 50.2 Å². The van der Waals surface area contributed by atoms with Gasteiger partial charge in [0.15, 0.2) is 6.04 Å². The summed E-state index contributed by atoms with van der Waals surface area (Å²) >= 11 is 1.77. The molecule has 5 nitrogen and oxygen atoms in total. The molecule has 1 fully saturated rings. The Morgan fingerprint density at radius 2 is 1.89 bits per heavy atom. The van der Waals surface area contributed by atoms with Crippen molar-refractivity contribution >= 4 is 23.5 Å². The lowest BCUT2D eigenvalue weighted by atomic mass is 9.96. The number of aryl methyl sites for hydroxylation is 1. The van der Waals surface area contributed by atoms with Crippen molar-refractivity contribution in [3.05, 3.63) is 47.2 Å². The van der Waals surface area contributed by atoms with E-state index < -0.39 is 18.3 Å². The highest BCUT2D eigenvalue weighted by Crippen LogP contribution is 2.44. The zero-order valence-corrected chi connectivity index (χ0v) is 16.2. The van der Waals surface area contributed by atoms with Gasteiger partial charge in [0.05, 0.1) is 12.2 Å². The average Bonchev–Trinajstić information content (AvgIpc) is 3.11. The number of fused-ring (bicyclic) bond motifs is 1. The van der Waals surface area contributed by atoms with Crippen LogP contribution in [0.15, 0.2) is 30.5 Å². The first kappa shape index (κ1) is 19.2. The lowest BCUT2D eigenvalue weighted by molar-refractivity contribution is -0.173. The predicted octanol–water partition coefficient (Wildman–Crippen LogP) is 4.04. The molecule has 2 atom stereocenters. The summed E-state index contributed by atoms with van der Waals surface area (Å²) < 4.78 is 42.2. The maximum absolute atomic E-state index is 13.8. The number of nitrogens with one attached hydrogen (secondary N) is 1. The summed E-state index contributed by atoms with van der Waals surface area (Å²) in [6.07, 6.45) is -3.36. The molecule has 1 amide bonds. The number of hydrogen-bond donors (Lipinski definition) is 1. The van der Waals surface area contributed by atoms with Crippen LogP contribution >= 0.6 is 11.8 Å². The molecule has 150 valence electrons. The van der Waals surface area contributed by atoms with Gasteiger partial charge in [0, 0.05) is 31.0 Å². The largest absolute Gasteiger partial charge is 0.410 e. The smallest absolute Gasteiger partial charge is 0.363 e. The minimum absolute atomic E-state index is 0.155. The molecule has 0 spiro atoms. The molecule has 0 saturated carbocycles. The highest BCUT2D eigenvalue weighted by molar-refractivity contribution is 7.99. The van der Waals surface area contributed by atoms with Crippen LogP contribution in [0.1, 0.15) is 40.0 Å². The van der Waals surface area contributed by atoms with Gasteiger partial charge in [0.2, 0.25) is 0 Å². The van der Waals surface area contributed by atoms with E-state index in [1.54, 1.807) is 16.7 Å². The highest BCUT2D eigenvalue weighted by atomic mass is 32.2. The van der Waals surface area contributed by atoms with E-state index in [-0.39, 0.29) is 23.7 Å². The number of rotatable bonds is 2. The molecule has 2 aliphatic rings. The molecule has 2 aromatic rings. The van der Waals surface area contributed by atoms with Gasteiger partial charge in [-0.1, -0.05) is 29.8 Å². The summed E-state index contributed by atoms with van der Waals surface area (Å²) in [5.41, 5.74) is 2.01. The Hall–Kier alpha value is -2.16. The second-order valence-corrected chi connectivity index (χ2v) is 8.38. The molecule has 4 rings (SSSR count). The summed E-state index contributed by atoms with van der Waals surface area (Å²) in [5, 5.41) is 7.10. The molecule has 1 saturated heterocycles. The van der Waals surface area contributed by atoms with E-state index >= 15 is 0 Å². The minimum atomic E-state index is -4.45. The number of benzene rings is 1. The van der Waals surface area contributed by atoms with Crippen molar-refractivity contribution < 1.29 is 18.0 Å². The number of hydrogen-bond acceptors (Lipinski definition) is 4. The minimum Gasteiger partial charge on any atom is -0.363 e. The lowest BCUT2D eigenvalue weighted by Gasteiger charge is -2.34. The third kappa shape index (κ3) is 3.59. The van der Waals surface area contributed by atoms with E-state index in [4.69, 9.17) is 0 Å². The standard InChI is InChI=1S/C19H21F3N4OS/c1-12-2-4-13(5-3-12)15-10-16(19(20,21)22)26-17(24-15)14(11-23-26)18(27)25-6-8-28-9-7-25/h2-5,11,15-16,24H,6-10H2,1H3/t15-,16-/m0/s1. The number of thioether (sulfide) groups is 1. The first-order valence-corrected chi connectivity index (χ1v) is 10.3. The van der Waals surface area contributed by atoms with Crippen LogP contribution in [0.25, 0.3) is 0 Å². The molecule has 1 N–H and O–H groups in total. The molecule has 0 radical (unpaired) electrons. The fourth-order valence-corrected chi connectivity index (χ4v) is 4.58. The fraction of sp³-hybridized carbons (Fsp3) is 0.474. The van der Waals surface area contributed by atoms with Crippen LogP contribution < -0.4 is 5.32 Å². The number of halogens is 3.